The number of benzene rings is 2. The van der Waals surface area contributed by atoms with Crippen LogP contribution in [0.2, 0.25) is 0 Å². The maximum atomic E-state index is 4.68. The third kappa shape index (κ3) is 3.76. The number of aryl methyl sites for hydroxylation is 2. The number of anilines is 4. The number of rotatable bonds is 4. The van der Waals surface area contributed by atoms with Crippen molar-refractivity contribution in [3.63, 3.8) is 0 Å². The van der Waals surface area contributed by atoms with E-state index in [1.165, 1.54) is 22.4 Å². The average molecular weight is 374 g/mol. The molecule has 1 aromatic heterocycles. The fraction of sp³-hybridized carbons (Fsp3) is 0.318. The van der Waals surface area contributed by atoms with Gasteiger partial charge < -0.3 is 15.1 Å². The Bertz CT molecular complexity index is 963. The van der Waals surface area contributed by atoms with E-state index in [4.69, 9.17) is 0 Å². The molecule has 1 saturated heterocycles. The van der Waals surface area contributed by atoms with Crippen molar-refractivity contribution in [2.75, 3.05) is 41.3 Å². The molecule has 2 aromatic carbocycles. The fourth-order valence-corrected chi connectivity index (χ4v) is 3.57. The van der Waals surface area contributed by atoms with Crippen LogP contribution in [0.1, 0.15) is 16.7 Å². The van der Waals surface area contributed by atoms with Crippen LogP contribution in [0, 0.1) is 20.8 Å². The lowest BCUT2D eigenvalue weighted by Gasteiger charge is -2.36. The van der Waals surface area contributed by atoms with E-state index in [1.54, 1.807) is 6.20 Å². The van der Waals surface area contributed by atoms with E-state index in [0.717, 1.165) is 37.7 Å². The van der Waals surface area contributed by atoms with Crippen molar-refractivity contribution in [3.05, 3.63) is 65.4 Å². The van der Waals surface area contributed by atoms with Crippen LogP contribution >= 0.6 is 0 Å². The molecule has 144 valence electrons. The predicted octanol–water partition coefficient (Wildman–Crippen LogP) is 3.87. The molecule has 0 aliphatic carbocycles. The Labute approximate surface area is 166 Å². The van der Waals surface area contributed by atoms with Crippen LogP contribution in [-0.2, 0) is 0 Å². The number of piperazine rings is 1. The molecule has 3 aromatic rings. The number of hydrogen-bond acceptors (Lipinski definition) is 6. The van der Waals surface area contributed by atoms with Gasteiger partial charge in [-0.15, -0.1) is 5.10 Å². The minimum atomic E-state index is 0.680. The van der Waals surface area contributed by atoms with E-state index >= 15 is 0 Å². The number of hydrogen-bond donors (Lipinski definition) is 1. The Kier molecular flexibility index (Phi) is 5.10. The standard InChI is InChI=1S/C22H26N6/c1-16-8-6-10-20(18(16)3)27-11-13-28(14-12-27)22-25-21(15-23-26-22)24-19-9-5-4-7-17(19)2/h4-10,15H,11-14H2,1-3H3,(H,24,25,26). The molecule has 0 atom stereocenters. The highest BCUT2D eigenvalue weighted by Crippen LogP contribution is 2.25. The van der Waals surface area contributed by atoms with Crippen LogP contribution < -0.4 is 15.1 Å². The van der Waals surface area contributed by atoms with E-state index in [2.05, 4.69) is 75.3 Å². The summed E-state index contributed by atoms with van der Waals surface area (Å²) >= 11 is 0. The summed E-state index contributed by atoms with van der Waals surface area (Å²) in [4.78, 5) is 9.34. The topological polar surface area (TPSA) is 57.2 Å². The predicted molar refractivity (Wildman–Crippen MR) is 115 cm³/mol. The second kappa shape index (κ2) is 7.84. The van der Waals surface area contributed by atoms with Crippen LogP contribution in [0.3, 0.4) is 0 Å². The molecule has 0 radical (unpaired) electrons. The summed E-state index contributed by atoms with van der Waals surface area (Å²) in [5.74, 6) is 1.40. The van der Waals surface area contributed by atoms with Crippen molar-refractivity contribution in [1.82, 2.24) is 15.2 Å². The number of nitrogens with zero attached hydrogens (tertiary/aromatic N) is 5. The normalized spacial score (nSPS) is 14.2. The summed E-state index contributed by atoms with van der Waals surface area (Å²) in [5.41, 5.74) is 6.23. The molecule has 6 nitrogen and oxygen atoms in total. The first-order valence-electron chi connectivity index (χ1n) is 9.70. The first-order valence-corrected chi connectivity index (χ1v) is 9.70. The Morgan fingerprint density at radius 1 is 0.821 bits per heavy atom. The van der Waals surface area contributed by atoms with Crippen molar-refractivity contribution in [2.24, 2.45) is 0 Å². The Balaban J connectivity index is 1.45. The molecular weight excluding hydrogens is 348 g/mol. The molecule has 6 heteroatoms. The van der Waals surface area contributed by atoms with Crippen molar-refractivity contribution < 1.29 is 0 Å². The van der Waals surface area contributed by atoms with E-state index in [9.17, 15) is 0 Å². The maximum Gasteiger partial charge on any atom is 0.247 e. The average Bonchev–Trinajstić information content (AvgIpc) is 2.72. The Hall–Kier alpha value is -3.15. The first kappa shape index (κ1) is 18.2. The molecule has 0 bridgehead atoms. The van der Waals surface area contributed by atoms with Crippen LogP contribution in [0.5, 0.6) is 0 Å². The smallest absolute Gasteiger partial charge is 0.247 e. The molecule has 1 aliphatic rings. The largest absolute Gasteiger partial charge is 0.368 e. The molecule has 4 rings (SSSR count). The van der Waals surface area contributed by atoms with Crippen molar-refractivity contribution >= 4 is 23.1 Å². The highest BCUT2D eigenvalue weighted by molar-refractivity contribution is 5.60. The zero-order chi connectivity index (χ0) is 19.5. The fourth-order valence-electron chi connectivity index (χ4n) is 3.57. The summed E-state index contributed by atoms with van der Waals surface area (Å²) in [7, 11) is 0. The molecule has 1 fully saturated rings. The van der Waals surface area contributed by atoms with Gasteiger partial charge in [0, 0.05) is 37.6 Å². The van der Waals surface area contributed by atoms with Gasteiger partial charge in [-0.05, 0) is 49.6 Å². The Morgan fingerprint density at radius 2 is 1.54 bits per heavy atom. The molecule has 1 aliphatic heterocycles. The molecule has 0 unspecified atom stereocenters. The second-order valence-corrected chi connectivity index (χ2v) is 7.27. The minimum Gasteiger partial charge on any atom is -0.368 e. The van der Waals surface area contributed by atoms with Gasteiger partial charge in [0.2, 0.25) is 5.95 Å². The van der Waals surface area contributed by atoms with E-state index in [0.29, 0.717) is 5.95 Å². The molecule has 0 amide bonds. The van der Waals surface area contributed by atoms with Gasteiger partial charge in [0.15, 0.2) is 5.82 Å². The van der Waals surface area contributed by atoms with Crippen LogP contribution in [0.25, 0.3) is 0 Å². The van der Waals surface area contributed by atoms with Gasteiger partial charge in [0.25, 0.3) is 0 Å². The lowest BCUT2D eigenvalue weighted by atomic mass is 10.1. The van der Waals surface area contributed by atoms with Gasteiger partial charge in [-0.25, -0.2) is 0 Å². The summed E-state index contributed by atoms with van der Waals surface area (Å²) in [6.07, 6.45) is 1.67. The van der Waals surface area contributed by atoms with Crippen molar-refractivity contribution in [3.8, 4) is 0 Å². The second-order valence-electron chi connectivity index (χ2n) is 7.27. The summed E-state index contributed by atoms with van der Waals surface area (Å²) in [5, 5.41) is 11.8. The van der Waals surface area contributed by atoms with Crippen LogP contribution in [-0.4, -0.2) is 41.4 Å². The number of nitrogens with one attached hydrogen (secondary N) is 1. The van der Waals surface area contributed by atoms with E-state index < -0.39 is 0 Å². The highest BCUT2D eigenvalue weighted by atomic mass is 15.4. The summed E-state index contributed by atoms with van der Waals surface area (Å²) < 4.78 is 0. The van der Waals surface area contributed by atoms with E-state index in [-0.39, 0.29) is 0 Å². The quantitative estimate of drug-likeness (QED) is 0.748. The van der Waals surface area contributed by atoms with Gasteiger partial charge >= 0.3 is 0 Å². The van der Waals surface area contributed by atoms with Gasteiger partial charge in [-0.3, -0.25) is 0 Å². The maximum absolute atomic E-state index is 4.68. The van der Waals surface area contributed by atoms with Gasteiger partial charge in [-0.2, -0.15) is 10.1 Å². The van der Waals surface area contributed by atoms with Gasteiger partial charge in [0.05, 0.1) is 6.20 Å². The van der Waals surface area contributed by atoms with Gasteiger partial charge in [-0.1, -0.05) is 30.3 Å². The monoisotopic (exact) mass is 374 g/mol. The molecule has 2 heterocycles. The summed E-state index contributed by atoms with van der Waals surface area (Å²) in [6.45, 7) is 10.1. The SMILES string of the molecule is Cc1ccccc1Nc1cnnc(N2CCN(c3cccc(C)c3C)CC2)n1. The molecule has 0 spiro atoms. The number of para-hydroxylation sites is 1. The molecular formula is C22H26N6. The third-order valence-corrected chi connectivity index (χ3v) is 5.43. The van der Waals surface area contributed by atoms with Gasteiger partial charge in [0.1, 0.15) is 0 Å². The first-order chi connectivity index (χ1) is 13.6. The van der Waals surface area contributed by atoms with Crippen molar-refractivity contribution in [1.29, 1.82) is 0 Å². The highest BCUT2D eigenvalue weighted by Gasteiger charge is 2.21. The Morgan fingerprint density at radius 3 is 2.32 bits per heavy atom. The van der Waals surface area contributed by atoms with E-state index in [1.807, 2.05) is 18.2 Å². The third-order valence-electron chi connectivity index (χ3n) is 5.43. The molecule has 0 saturated carbocycles. The zero-order valence-corrected chi connectivity index (χ0v) is 16.7. The number of aromatic nitrogens is 3. The minimum absolute atomic E-state index is 0.680. The lowest BCUT2D eigenvalue weighted by molar-refractivity contribution is 0.634. The van der Waals surface area contributed by atoms with Crippen LogP contribution in [0.15, 0.2) is 48.7 Å². The molecule has 1 N–H and O–H groups in total. The lowest BCUT2D eigenvalue weighted by Crippen LogP contribution is -2.47. The van der Waals surface area contributed by atoms with Crippen molar-refractivity contribution in [2.45, 2.75) is 20.8 Å². The molecule has 28 heavy (non-hydrogen) atoms. The zero-order valence-electron chi connectivity index (χ0n) is 16.7. The van der Waals surface area contributed by atoms with Crippen LogP contribution in [0.4, 0.5) is 23.1 Å². The summed E-state index contributed by atoms with van der Waals surface area (Å²) in [6, 6.07) is 14.7.